The van der Waals surface area contributed by atoms with Crippen LogP contribution in [0.5, 0.6) is 0 Å². The van der Waals surface area contributed by atoms with Gasteiger partial charge in [-0.05, 0) is 18.1 Å². The number of rotatable bonds is 5. The summed E-state index contributed by atoms with van der Waals surface area (Å²) in [6, 6.07) is 9.99. The summed E-state index contributed by atoms with van der Waals surface area (Å²) < 4.78 is 5.41. The second-order valence-corrected chi connectivity index (χ2v) is 4.86. The molecule has 0 aliphatic carbocycles. The van der Waals surface area contributed by atoms with E-state index < -0.39 is 0 Å². The topological polar surface area (TPSA) is 58.6 Å². The molecule has 1 aromatic rings. The second kappa shape index (κ2) is 7.59. The number of ether oxygens (including phenoxy) is 1. The standard InChI is InChI=1S/C16H20N2O3/c1-2-15(19)17-10-8-16(20)18-12-21-11-9-14(18)13-6-4-3-5-7-13/h2-7,14H,1,8-12H2,(H,17,19). The van der Waals surface area contributed by atoms with Crippen LogP contribution in [0.2, 0.25) is 0 Å². The molecule has 1 unspecified atom stereocenters. The lowest BCUT2D eigenvalue weighted by molar-refractivity contribution is -0.146. The van der Waals surface area contributed by atoms with Crippen molar-refractivity contribution in [3.8, 4) is 0 Å². The van der Waals surface area contributed by atoms with Crippen molar-refractivity contribution >= 4 is 11.8 Å². The Balaban J connectivity index is 1.96. The van der Waals surface area contributed by atoms with Gasteiger partial charge in [0.2, 0.25) is 11.8 Å². The van der Waals surface area contributed by atoms with Gasteiger partial charge in [-0.15, -0.1) is 0 Å². The van der Waals surface area contributed by atoms with Gasteiger partial charge in [-0.25, -0.2) is 0 Å². The fourth-order valence-corrected chi connectivity index (χ4v) is 2.38. The quantitative estimate of drug-likeness (QED) is 0.838. The maximum Gasteiger partial charge on any atom is 0.243 e. The number of amides is 2. The molecule has 2 rings (SSSR count). The van der Waals surface area contributed by atoms with Gasteiger partial charge in [0.1, 0.15) is 6.73 Å². The van der Waals surface area contributed by atoms with E-state index in [0.29, 0.717) is 19.9 Å². The Bertz CT molecular complexity index is 502. The van der Waals surface area contributed by atoms with E-state index in [9.17, 15) is 9.59 Å². The van der Waals surface area contributed by atoms with Gasteiger partial charge in [0.05, 0.1) is 12.6 Å². The van der Waals surface area contributed by atoms with Gasteiger partial charge >= 0.3 is 0 Å². The van der Waals surface area contributed by atoms with Crippen molar-refractivity contribution in [3.63, 3.8) is 0 Å². The van der Waals surface area contributed by atoms with Crippen LogP contribution in [0.15, 0.2) is 43.0 Å². The minimum Gasteiger partial charge on any atom is -0.361 e. The fourth-order valence-electron chi connectivity index (χ4n) is 2.38. The molecule has 0 bridgehead atoms. The Kier molecular flexibility index (Phi) is 5.51. The normalized spacial score (nSPS) is 18.1. The smallest absolute Gasteiger partial charge is 0.243 e. The van der Waals surface area contributed by atoms with Gasteiger partial charge in [0.15, 0.2) is 0 Å². The zero-order valence-corrected chi connectivity index (χ0v) is 12.0. The average Bonchev–Trinajstić information content (AvgIpc) is 2.55. The van der Waals surface area contributed by atoms with Crippen LogP contribution in [0, 0.1) is 0 Å². The third-order valence-corrected chi connectivity index (χ3v) is 3.47. The highest BCUT2D eigenvalue weighted by atomic mass is 16.5. The third kappa shape index (κ3) is 4.16. The Morgan fingerprint density at radius 3 is 2.86 bits per heavy atom. The monoisotopic (exact) mass is 288 g/mol. The van der Waals surface area contributed by atoms with Crippen molar-refractivity contribution in [1.82, 2.24) is 10.2 Å². The first kappa shape index (κ1) is 15.3. The van der Waals surface area contributed by atoms with Crippen molar-refractivity contribution in [2.45, 2.75) is 18.9 Å². The largest absolute Gasteiger partial charge is 0.361 e. The Labute approximate surface area is 124 Å². The molecule has 1 saturated heterocycles. The molecule has 21 heavy (non-hydrogen) atoms. The number of nitrogens with zero attached hydrogens (tertiary/aromatic N) is 1. The fraction of sp³-hybridized carbons (Fsp3) is 0.375. The molecule has 1 heterocycles. The molecule has 1 N–H and O–H groups in total. The number of benzene rings is 1. The van der Waals surface area contributed by atoms with E-state index >= 15 is 0 Å². The van der Waals surface area contributed by atoms with Crippen LogP contribution in [-0.4, -0.2) is 36.6 Å². The Hall–Kier alpha value is -2.14. The van der Waals surface area contributed by atoms with Gasteiger partial charge in [-0.1, -0.05) is 36.9 Å². The maximum absolute atomic E-state index is 12.3. The van der Waals surface area contributed by atoms with Crippen molar-refractivity contribution in [2.75, 3.05) is 19.9 Å². The van der Waals surface area contributed by atoms with Gasteiger partial charge in [0, 0.05) is 13.0 Å². The molecule has 2 amide bonds. The molecule has 1 aromatic carbocycles. The van der Waals surface area contributed by atoms with Gasteiger partial charge < -0.3 is 15.0 Å². The molecule has 0 saturated carbocycles. The summed E-state index contributed by atoms with van der Waals surface area (Å²) in [5.74, 6) is -0.287. The molecular formula is C16H20N2O3. The average molecular weight is 288 g/mol. The summed E-state index contributed by atoms with van der Waals surface area (Å²) in [5, 5.41) is 2.61. The summed E-state index contributed by atoms with van der Waals surface area (Å²) in [6.45, 7) is 4.63. The molecule has 112 valence electrons. The molecular weight excluding hydrogens is 268 g/mol. The second-order valence-electron chi connectivity index (χ2n) is 4.86. The van der Waals surface area contributed by atoms with Crippen LogP contribution >= 0.6 is 0 Å². The van der Waals surface area contributed by atoms with Crippen molar-refractivity contribution in [2.24, 2.45) is 0 Å². The predicted molar refractivity (Wildman–Crippen MR) is 79.3 cm³/mol. The first-order valence-electron chi connectivity index (χ1n) is 7.05. The minimum absolute atomic E-state index is 0.0204. The molecule has 0 aromatic heterocycles. The molecule has 1 fully saturated rings. The van der Waals surface area contributed by atoms with E-state index in [-0.39, 0.29) is 24.3 Å². The van der Waals surface area contributed by atoms with Crippen LogP contribution in [0.3, 0.4) is 0 Å². The van der Waals surface area contributed by atoms with Gasteiger partial charge in [0.25, 0.3) is 0 Å². The van der Waals surface area contributed by atoms with E-state index in [1.165, 1.54) is 6.08 Å². The van der Waals surface area contributed by atoms with Crippen LogP contribution in [0.1, 0.15) is 24.4 Å². The number of carbonyl (C=O) groups excluding carboxylic acids is 2. The molecule has 1 aliphatic heterocycles. The zero-order valence-electron chi connectivity index (χ0n) is 12.0. The highest BCUT2D eigenvalue weighted by Crippen LogP contribution is 2.27. The van der Waals surface area contributed by atoms with E-state index in [2.05, 4.69) is 11.9 Å². The van der Waals surface area contributed by atoms with Gasteiger partial charge in [-0.2, -0.15) is 0 Å². The Morgan fingerprint density at radius 1 is 1.38 bits per heavy atom. The number of carbonyl (C=O) groups is 2. The zero-order chi connectivity index (χ0) is 15.1. The predicted octanol–water partition coefficient (Wildman–Crippen LogP) is 1.63. The first-order chi connectivity index (χ1) is 10.2. The lowest BCUT2D eigenvalue weighted by Crippen LogP contribution is -2.42. The SMILES string of the molecule is C=CC(=O)NCCC(=O)N1COCCC1c1ccccc1. The van der Waals surface area contributed by atoms with E-state index in [1.807, 2.05) is 30.3 Å². The summed E-state index contributed by atoms with van der Waals surface area (Å²) in [6.07, 6.45) is 2.24. The number of nitrogens with one attached hydrogen (secondary N) is 1. The lowest BCUT2D eigenvalue weighted by atomic mass is 10.0. The minimum atomic E-state index is -0.266. The van der Waals surface area contributed by atoms with E-state index in [1.54, 1.807) is 4.90 Å². The van der Waals surface area contributed by atoms with Crippen LogP contribution in [0.4, 0.5) is 0 Å². The number of hydrogen-bond donors (Lipinski definition) is 1. The molecule has 0 spiro atoms. The van der Waals surface area contributed by atoms with E-state index in [4.69, 9.17) is 4.74 Å². The highest BCUT2D eigenvalue weighted by molar-refractivity contribution is 5.87. The summed E-state index contributed by atoms with van der Waals surface area (Å²) >= 11 is 0. The van der Waals surface area contributed by atoms with Crippen molar-refractivity contribution < 1.29 is 14.3 Å². The number of hydrogen-bond acceptors (Lipinski definition) is 3. The molecule has 5 heteroatoms. The highest BCUT2D eigenvalue weighted by Gasteiger charge is 2.27. The lowest BCUT2D eigenvalue weighted by Gasteiger charge is -2.36. The van der Waals surface area contributed by atoms with Crippen LogP contribution < -0.4 is 5.32 Å². The molecule has 1 atom stereocenters. The van der Waals surface area contributed by atoms with E-state index in [0.717, 1.165) is 12.0 Å². The first-order valence-corrected chi connectivity index (χ1v) is 7.05. The summed E-state index contributed by atoms with van der Waals surface area (Å²) in [5.41, 5.74) is 1.12. The molecule has 0 radical (unpaired) electrons. The van der Waals surface area contributed by atoms with Crippen molar-refractivity contribution in [1.29, 1.82) is 0 Å². The maximum atomic E-state index is 12.3. The van der Waals surface area contributed by atoms with Gasteiger partial charge in [-0.3, -0.25) is 9.59 Å². The third-order valence-electron chi connectivity index (χ3n) is 3.47. The molecule has 5 nitrogen and oxygen atoms in total. The summed E-state index contributed by atoms with van der Waals surface area (Å²) in [7, 11) is 0. The Morgan fingerprint density at radius 2 is 2.14 bits per heavy atom. The molecule has 1 aliphatic rings. The van der Waals surface area contributed by atoms with Crippen molar-refractivity contribution in [3.05, 3.63) is 48.6 Å². The van der Waals surface area contributed by atoms with Crippen LogP contribution in [-0.2, 0) is 14.3 Å². The van der Waals surface area contributed by atoms with Crippen LogP contribution in [0.25, 0.3) is 0 Å². The summed E-state index contributed by atoms with van der Waals surface area (Å²) in [4.78, 5) is 25.1.